The summed E-state index contributed by atoms with van der Waals surface area (Å²) in [6, 6.07) is 9.13. The number of unbranched alkanes of at least 4 members (excludes halogenated alkanes) is 4. The molecule has 0 aliphatic rings. The molecule has 0 saturated carbocycles. The Bertz CT molecular complexity index is 821. The lowest BCUT2D eigenvalue weighted by atomic mass is 9.93. The molecule has 7 heteroatoms. The van der Waals surface area contributed by atoms with Crippen molar-refractivity contribution in [1.82, 2.24) is 20.2 Å². The minimum Gasteiger partial charge on any atom is -0.220 e. The van der Waals surface area contributed by atoms with E-state index in [1.807, 2.05) is 18.2 Å². The Hall–Kier alpha value is -1.76. The van der Waals surface area contributed by atoms with Gasteiger partial charge in [0.1, 0.15) is 0 Å². The van der Waals surface area contributed by atoms with Gasteiger partial charge in [-0.1, -0.05) is 102 Å². The molecule has 0 spiro atoms. The van der Waals surface area contributed by atoms with Crippen molar-refractivity contribution in [2.75, 3.05) is 5.75 Å². The Morgan fingerprint density at radius 1 is 0.867 bits per heavy atom. The number of aromatic nitrogens is 4. The minimum atomic E-state index is -3.53. The van der Waals surface area contributed by atoms with Crippen LogP contribution in [-0.4, -0.2) is 34.4 Å². The summed E-state index contributed by atoms with van der Waals surface area (Å²) in [5.41, 5.74) is 0.651. The largest absolute Gasteiger partial charge is 0.272 e. The first kappa shape index (κ1) is 24.5. The van der Waals surface area contributed by atoms with E-state index in [9.17, 15) is 8.42 Å². The molecule has 1 heterocycles. The van der Waals surface area contributed by atoms with Gasteiger partial charge < -0.3 is 0 Å². The summed E-state index contributed by atoms with van der Waals surface area (Å²) in [4.78, 5) is 0. The van der Waals surface area contributed by atoms with Crippen molar-refractivity contribution >= 4 is 9.84 Å². The topological polar surface area (TPSA) is 77.7 Å². The van der Waals surface area contributed by atoms with Crippen LogP contribution < -0.4 is 0 Å². The summed E-state index contributed by atoms with van der Waals surface area (Å²) in [5.74, 6) is 1.21. The van der Waals surface area contributed by atoms with E-state index in [4.69, 9.17) is 0 Å². The zero-order chi connectivity index (χ0) is 21.8. The molecule has 1 aromatic heterocycles. The number of tetrazole rings is 1. The van der Waals surface area contributed by atoms with Crippen LogP contribution in [0, 0.1) is 11.8 Å². The molecule has 0 fully saturated rings. The predicted octanol–water partition coefficient (Wildman–Crippen LogP) is 5.63. The molecule has 0 amide bonds. The highest BCUT2D eigenvalue weighted by Crippen LogP contribution is 2.21. The number of benzene rings is 1. The highest BCUT2D eigenvalue weighted by atomic mass is 32.2. The van der Waals surface area contributed by atoms with Crippen LogP contribution in [0.4, 0.5) is 0 Å². The van der Waals surface area contributed by atoms with E-state index < -0.39 is 9.84 Å². The van der Waals surface area contributed by atoms with Crippen molar-refractivity contribution in [3.63, 3.8) is 0 Å². The summed E-state index contributed by atoms with van der Waals surface area (Å²) < 4.78 is 26.9. The Kier molecular flexibility index (Phi) is 10.5. The van der Waals surface area contributed by atoms with E-state index in [0.717, 1.165) is 12.3 Å². The van der Waals surface area contributed by atoms with Crippen molar-refractivity contribution in [3.05, 3.63) is 30.3 Å². The normalized spacial score (nSPS) is 14.0. The predicted molar refractivity (Wildman–Crippen MR) is 121 cm³/mol. The Morgan fingerprint density at radius 3 is 2.20 bits per heavy atom. The summed E-state index contributed by atoms with van der Waals surface area (Å²) in [7, 11) is -3.53. The van der Waals surface area contributed by atoms with Crippen LogP contribution in [0.15, 0.2) is 35.5 Å². The summed E-state index contributed by atoms with van der Waals surface area (Å²) in [6.45, 7) is 6.74. The molecule has 2 unspecified atom stereocenters. The van der Waals surface area contributed by atoms with E-state index in [1.165, 1.54) is 56.0 Å². The Labute approximate surface area is 182 Å². The van der Waals surface area contributed by atoms with Gasteiger partial charge in [-0.25, -0.2) is 8.42 Å². The third kappa shape index (κ3) is 8.17. The van der Waals surface area contributed by atoms with Gasteiger partial charge >= 0.3 is 0 Å². The third-order valence-corrected chi connectivity index (χ3v) is 7.38. The van der Waals surface area contributed by atoms with Gasteiger partial charge in [-0.2, -0.15) is 4.68 Å². The quantitative estimate of drug-likeness (QED) is 0.340. The van der Waals surface area contributed by atoms with E-state index in [-0.39, 0.29) is 10.9 Å². The molecule has 0 aliphatic heterocycles. The number of para-hydroxylation sites is 1. The van der Waals surface area contributed by atoms with Gasteiger partial charge in [0.25, 0.3) is 5.16 Å². The molecule has 0 saturated heterocycles. The lowest BCUT2D eigenvalue weighted by Gasteiger charge is -2.14. The maximum atomic E-state index is 12.8. The lowest BCUT2D eigenvalue weighted by molar-refractivity contribution is 0.405. The first-order chi connectivity index (χ1) is 14.4. The van der Waals surface area contributed by atoms with Crippen LogP contribution in [-0.2, 0) is 9.84 Å². The van der Waals surface area contributed by atoms with Crippen molar-refractivity contribution in [3.8, 4) is 5.69 Å². The highest BCUT2D eigenvalue weighted by molar-refractivity contribution is 7.91. The molecule has 0 N–H and O–H groups in total. The molecular weight excluding hydrogens is 396 g/mol. The zero-order valence-electron chi connectivity index (χ0n) is 18.8. The standard InChI is InChI=1S/C23H38N4O2S/c1-4-5-6-7-9-13-20(2)14-12-15-21(3)18-19-30(28,29)23-24-25-26-27(23)22-16-10-8-11-17-22/h8,10-11,16-17,20-21H,4-7,9,12-15,18-19H2,1-3H3. The molecule has 168 valence electrons. The van der Waals surface area contributed by atoms with Gasteiger partial charge in [-0.15, -0.1) is 0 Å². The average molecular weight is 435 g/mol. The number of hydrogen-bond acceptors (Lipinski definition) is 5. The van der Waals surface area contributed by atoms with Gasteiger partial charge in [0.2, 0.25) is 9.84 Å². The van der Waals surface area contributed by atoms with Gasteiger partial charge in [-0.05, 0) is 40.8 Å². The molecule has 6 nitrogen and oxygen atoms in total. The maximum absolute atomic E-state index is 12.8. The fraction of sp³-hybridized carbons (Fsp3) is 0.696. The van der Waals surface area contributed by atoms with Crippen LogP contribution >= 0.6 is 0 Å². The number of sulfone groups is 1. The number of nitrogens with zero attached hydrogens (tertiary/aromatic N) is 4. The van der Waals surface area contributed by atoms with E-state index in [0.29, 0.717) is 18.0 Å². The van der Waals surface area contributed by atoms with Crippen LogP contribution in [0.1, 0.15) is 85.0 Å². The van der Waals surface area contributed by atoms with E-state index in [1.54, 1.807) is 12.1 Å². The Morgan fingerprint density at radius 2 is 1.50 bits per heavy atom. The minimum absolute atomic E-state index is 0.0717. The average Bonchev–Trinajstić information content (AvgIpc) is 3.24. The first-order valence-corrected chi connectivity index (χ1v) is 13.2. The van der Waals surface area contributed by atoms with Crippen LogP contribution in [0.2, 0.25) is 0 Å². The molecule has 30 heavy (non-hydrogen) atoms. The van der Waals surface area contributed by atoms with Gasteiger partial charge in [0.15, 0.2) is 0 Å². The molecule has 0 aliphatic carbocycles. The first-order valence-electron chi connectivity index (χ1n) is 11.5. The monoisotopic (exact) mass is 434 g/mol. The second kappa shape index (κ2) is 12.8. The van der Waals surface area contributed by atoms with Gasteiger partial charge in [0, 0.05) is 0 Å². The second-order valence-electron chi connectivity index (χ2n) is 8.66. The number of hydrogen-bond donors (Lipinski definition) is 0. The van der Waals surface area contributed by atoms with Crippen LogP contribution in [0.5, 0.6) is 0 Å². The van der Waals surface area contributed by atoms with Crippen LogP contribution in [0.3, 0.4) is 0 Å². The van der Waals surface area contributed by atoms with Crippen molar-refractivity contribution in [2.45, 2.75) is 90.1 Å². The summed E-state index contributed by atoms with van der Waals surface area (Å²) in [6.07, 6.45) is 12.1. The number of rotatable bonds is 15. The zero-order valence-corrected chi connectivity index (χ0v) is 19.6. The van der Waals surface area contributed by atoms with Gasteiger partial charge in [-0.3, -0.25) is 0 Å². The van der Waals surface area contributed by atoms with E-state index >= 15 is 0 Å². The molecular formula is C23H38N4O2S. The smallest absolute Gasteiger partial charge is 0.220 e. The summed E-state index contributed by atoms with van der Waals surface area (Å²) in [5, 5.41) is 11.2. The molecule has 2 rings (SSSR count). The maximum Gasteiger partial charge on any atom is 0.272 e. The molecule has 2 atom stereocenters. The summed E-state index contributed by atoms with van der Waals surface area (Å²) >= 11 is 0. The molecule has 0 bridgehead atoms. The molecule has 1 aromatic carbocycles. The van der Waals surface area contributed by atoms with Crippen molar-refractivity contribution < 1.29 is 8.42 Å². The third-order valence-electron chi connectivity index (χ3n) is 5.79. The molecule has 0 radical (unpaired) electrons. The van der Waals surface area contributed by atoms with E-state index in [2.05, 4.69) is 36.3 Å². The fourth-order valence-corrected chi connectivity index (χ4v) is 5.21. The second-order valence-corrected chi connectivity index (χ2v) is 10.7. The Balaban J connectivity index is 1.73. The van der Waals surface area contributed by atoms with Gasteiger partial charge in [0.05, 0.1) is 11.4 Å². The molecule has 2 aromatic rings. The lowest BCUT2D eigenvalue weighted by Crippen LogP contribution is -2.16. The highest BCUT2D eigenvalue weighted by Gasteiger charge is 2.24. The van der Waals surface area contributed by atoms with Crippen molar-refractivity contribution in [2.24, 2.45) is 11.8 Å². The fourth-order valence-electron chi connectivity index (χ4n) is 3.75. The SMILES string of the molecule is CCCCCCCC(C)CCCC(C)CCS(=O)(=O)c1nnnn1-c1ccccc1. The van der Waals surface area contributed by atoms with Crippen LogP contribution in [0.25, 0.3) is 5.69 Å². The van der Waals surface area contributed by atoms with Crippen molar-refractivity contribution in [1.29, 1.82) is 0 Å².